The van der Waals surface area contributed by atoms with Crippen molar-refractivity contribution < 1.29 is 19.1 Å². The van der Waals surface area contributed by atoms with Gasteiger partial charge in [0.05, 0.1) is 25.7 Å². The van der Waals surface area contributed by atoms with Crippen molar-refractivity contribution in [3.8, 4) is 0 Å². The second-order valence-electron chi connectivity index (χ2n) is 11.0. The van der Waals surface area contributed by atoms with Gasteiger partial charge in [-0.3, -0.25) is 14.5 Å². The molecular formula is C32H45N3O4. The van der Waals surface area contributed by atoms with Crippen molar-refractivity contribution in [3.05, 3.63) is 54.3 Å². The van der Waals surface area contributed by atoms with Crippen LogP contribution in [0.15, 0.2) is 43.1 Å². The highest BCUT2D eigenvalue weighted by atomic mass is 16.6. The van der Waals surface area contributed by atoms with Gasteiger partial charge in [0.15, 0.2) is 0 Å². The highest BCUT2D eigenvalue weighted by molar-refractivity contribution is 5.99. The molecule has 1 unspecified atom stereocenters. The lowest BCUT2D eigenvalue weighted by molar-refractivity contribution is -0.152. The summed E-state index contributed by atoms with van der Waals surface area (Å²) in [6.07, 6.45) is 14.7. The molecule has 212 valence electrons. The van der Waals surface area contributed by atoms with Gasteiger partial charge in [-0.25, -0.2) is 0 Å². The van der Waals surface area contributed by atoms with E-state index >= 15 is 0 Å². The monoisotopic (exact) mass is 535 g/mol. The first-order valence-corrected chi connectivity index (χ1v) is 14.7. The summed E-state index contributed by atoms with van der Waals surface area (Å²) >= 11 is 0. The lowest BCUT2D eigenvalue weighted by Crippen LogP contribution is -2.48. The van der Waals surface area contributed by atoms with Gasteiger partial charge in [-0.2, -0.15) is 0 Å². The Hall–Kier alpha value is -2.90. The highest BCUT2D eigenvalue weighted by Gasteiger charge is 2.35. The van der Waals surface area contributed by atoms with Crippen molar-refractivity contribution in [1.82, 2.24) is 15.2 Å². The van der Waals surface area contributed by atoms with Crippen LogP contribution in [0, 0.1) is 5.92 Å². The maximum atomic E-state index is 13.3. The number of unbranched alkanes of at least 4 members (excludes halogenated alkanes) is 6. The van der Waals surface area contributed by atoms with Crippen LogP contribution in [0.5, 0.6) is 0 Å². The van der Waals surface area contributed by atoms with E-state index in [2.05, 4.69) is 66.2 Å². The summed E-state index contributed by atoms with van der Waals surface area (Å²) in [7, 11) is 2.09. The largest absolute Gasteiger partial charge is 0.458 e. The van der Waals surface area contributed by atoms with Gasteiger partial charge in [-0.1, -0.05) is 69.7 Å². The summed E-state index contributed by atoms with van der Waals surface area (Å²) in [6.45, 7) is 7.35. The fourth-order valence-electron chi connectivity index (χ4n) is 5.85. The molecule has 7 nitrogen and oxygen atoms in total. The molecule has 2 N–H and O–H groups in total. The molecule has 2 aromatic rings. The Morgan fingerprint density at radius 3 is 2.79 bits per heavy atom. The molecule has 2 heterocycles. The van der Waals surface area contributed by atoms with Gasteiger partial charge in [0.2, 0.25) is 5.91 Å². The van der Waals surface area contributed by atoms with Gasteiger partial charge in [-0.05, 0) is 42.7 Å². The van der Waals surface area contributed by atoms with Crippen molar-refractivity contribution in [2.75, 3.05) is 33.4 Å². The van der Waals surface area contributed by atoms with E-state index in [9.17, 15) is 9.59 Å². The Labute approximate surface area is 233 Å². The minimum atomic E-state index is -0.529. The Balaban J connectivity index is 1.32. The first-order chi connectivity index (χ1) is 19.0. The molecule has 3 atom stereocenters. The zero-order chi connectivity index (χ0) is 27.6. The number of nitrogens with zero attached hydrogens (tertiary/aromatic N) is 1. The average molecular weight is 536 g/mol. The minimum absolute atomic E-state index is 0.0586. The normalized spacial score (nSPS) is 19.3. The molecule has 4 rings (SSSR count). The Kier molecular flexibility index (Phi) is 10.8. The number of nitrogens with one attached hydrogen (secondary N) is 2. The maximum absolute atomic E-state index is 13.3. The maximum Gasteiger partial charge on any atom is 0.306 e. The molecule has 1 amide bonds. The molecule has 1 aromatic heterocycles. The van der Waals surface area contributed by atoms with E-state index in [4.69, 9.17) is 9.47 Å². The highest BCUT2D eigenvalue weighted by Crippen LogP contribution is 2.40. The summed E-state index contributed by atoms with van der Waals surface area (Å²) in [5, 5.41) is 4.30. The second-order valence-corrected chi connectivity index (χ2v) is 11.0. The Morgan fingerprint density at radius 1 is 1.21 bits per heavy atom. The molecule has 0 spiro atoms. The van der Waals surface area contributed by atoms with Crippen LogP contribution >= 0.6 is 0 Å². The third-order valence-corrected chi connectivity index (χ3v) is 7.93. The lowest BCUT2D eigenvalue weighted by Gasteiger charge is -2.39. The summed E-state index contributed by atoms with van der Waals surface area (Å²) in [5.74, 6) is -0.572. The summed E-state index contributed by atoms with van der Waals surface area (Å²) < 4.78 is 11.3. The van der Waals surface area contributed by atoms with Crippen LogP contribution in [-0.4, -0.2) is 67.3 Å². The quantitative estimate of drug-likeness (QED) is 0.171. The van der Waals surface area contributed by atoms with Gasteiger partial charge < -0.3 is 19.8 Å². The smallest absolute Gasteiger partial charge is 0.306 e. The van der Waals surface area contributed by atoms with E-state index in [1.807, 2.05) is 0 Å². The lowest BCUT2D eigenvalue weighted by atomic mass is 9.80. The van der Waals surface area contributed by atoms with Gasteiger partial charge in [0, 0.05) is 36.1 Å². The first-order valence-electron chi connectivity index (χ1n) is 14.7. The first kappa shape index (κ1) is 29.1. The van der Waals surface area contributed by atoms with Gasteiger partial charge in [0.25, 0.3) is 0 Å². The number of fused-ring (bicyclic) bond motifs is 2. The number of esters is 1. The van der Waals surface area contributed by atoms with Gasteiger partial charge in [0.1, 0.15) is 6.10 Å². The zero-order valence-corrected chi connectivity index (χ0v) is 23.7. The van der Waals surface area contributed by atoms with Gasteiger partial charge >= 0.3 is 5.97 Å². The Morgan fingerprint density at radius 2 is 2.00 bits per heavy atom. The number of H-pyrrole nitrogens is 1. The average Bonchev–Trinajstić information content (AvgIpc) is 3.35. The van der Waals surface area contributed by atoms with E-state index in [0.717, 1.165) is 31.2 Å². The predicted octanol–water partition coefficient (Wildman–Crippen LogP) is 5.41. The van der Waals surface area contributed by atoms with E-state index in [1.54, 1.807) is 6.08 Å². The number of aromatic nitrogens is 1. The SMILES string of the molecule is C=CCOCC(CNC(=O)[C@@H]1C=C2c3cccc4[nH]cc(c34)C[C@H]2N(C)C1)OC(=O)CCCCCCCCC. The summed E-state index contributed by atoms with van der Waals surface area (Å²) in [5.41, 5.74) is 4.89. The third-order valence-electron chi connectivity index (χ3n) is 7.93. The van der Waals surface area contributed by atoms with Crippen molar-refractivity contribution in [2.45, 2.75) is 76.9 Å². The third kappa shape index (κ3) is 7.61. The van der Waals surface area contributed by atoms with Crippen molar-refractivity contribution in [3.63, 3.8) is 0 Å². The van der Waals surface area contributed by atoms with Crippen LogP contribution in [-0.2, 0) is 25.5 Å². The number of carbonyl (C=O) groups is 2. The number of ether oxygens (including phenoxy) is 2. The second kappa shape index (κ2) is 14.5. The number of rotatable bonds is 16. The van der Waals surface area contributed by atoms with E-state index < -0.39 is 6.10 Å². The van der Waals surface area contributed by atoms with Crippen LogP contribution in [0.2, 0.25) is 0 Å². The number of hydrogen-bond acceptors (Lipinski definition) is 5. The number of aromatic amines is 1. The molecule has 2 aliphatic rings. The summed E-state index contributed by atoms with van der Waals surface area (Å²) in [6, 6.07) is 6.59. The van der Waals surface area contributed by atoms with Crippen LogP contribution in [0.1, 0.15) is 69.4 Å². The van der Waals surface area contributed by atoms with Crippen LogP contribution in [0.25, 0.3) is 16.5 Å². The molecule has 0 fully saturated rings. The zero-order valence-electron chi connectivity index (χ0n) is 23.7. The van der Waals surface area contributed by atoms with E-state index in [1.165, 1.54) is 47.8 Å². The van der Waals surface area contributed by atoms with Crippen LogP contribution in [0.3, 0.4) is 0 Å². The number of carbonyl (C=O) groups excluding carboxylic acids is 2. The molecule has 1 aliphatic carbocycles. The number of likely N-dealkylation sites (N-methyl/N-ethyl adjacent to an activating group) is 1. The molecule has 1 aromatic carbocycles. The van der Waals surface area contributed by atoms with Crippen molar-refractivity contribution in [2.24, 2.45) is 5.92 Å². The van der Waals surface area contributed by atoms with Crippen LogP contribution < -0.4 is 5.32 Å². The molecule has 1 aliphatic heterocycles. The number of amides is 1. The van der Waals surface area contributed by atoms with Crippen LogP contribution in [0.4, 0.5) is 0 Å². The fourth-order valence-corrected chi connectivity index (χ4v) is 5.85. The molecular weight excluding hydrogens is 490 g/mol. The fraction of sp³-hybridized carbons (Fsp3) is 0.562. The number of hydrogen-bond donors (Lipinski definition) is 2. The van der Waals surface area contributed by atoms with Crippen molar-refractivity contribution >= 4 is 28.4 Å². The Bertz CT molecular complexity index is 1150. The molecule has 0 radical (unpaired) electrons. The van der Waals surface area contributed by atoms with E-state index in [0.29, 0.717) is 19.6 Å². The standard InChI is InChI=1S/C32H45N3O4/c1-4-6-7-8-9-10-11-15-30(36)39-25(22-38-16-5-2)20-34-32(37)24-17-27-26-13-12-14-28-31(26)23(19-33-28)18-29(27)35(3)21-24/h5,12-14,17,19,24-25,29,33H,2,4,6-11,15-16,18,20-22H2,1,3H3,(H,34,37)/t24-,25?,29-/m1/s1. The summed E-state index contributed by atoms with van der Waals surface area (Å²) in [4.78, 5) is 31.5. The topological polar surface area (TPSA) is 83.7 Å². The molecule has 39 heavy (non-hydrogen) atoms. The van der Waals surface area contributed by atoms with Crippen molar-refractivity contribution in [1.29, 1.82) is 0 Å². The number of benzene rings is 1. The molecule has 0 saturated carbocycles. The van der Waals surface area contributed by atoms with Gasteiger partial charge in [-0.15, -0.1) is 6.58 Å². The molecule has 0 saturated heterocycles. The molecule has 7 heteroatoms. The molecule has 0 bridgehead atoms. The minimum Gasteiger partial charge on any atom is -0.458 e. The van der Waals surface area contributed by atoms with E-state index in [-0.39, 0.29) is 37.0 Å². The predicted molar refractivity (Wildman–Crippen MR) is 156 cm³/mol.